The van der Waals surface area contributed by atoms with Crippen LogP contribution < -0.4 is 10.6 Å². The Morgan fingerprint density at radius 1 is 1.07 bits per heavy atom. The van der Waals surface area contributed by atoms with Gasteiger partial charge in [-0.05, 0) is 11.5 Å². The fourth-order valence-corrected chi connectivity index (χ4v) is 3.68. The van der Waals surface area contributed by atoms with E-state index in [-0.39, 0.29) is 31.3 Å². The summed E-state index contributed by atoms with van der Waals surface area (Å²) in [6.45, 7) is 0.492. The Hall–Kier alpha value is -2.68. The fourth-order valence-electron chi connectivity index (χ4n) is 3.68. The van der Waals surface area contributed by atoms with E-state index in [0.29, 0.717) is 12.3 Å². The van der Waals surface area contributed by atoms with Crippen molar-refractivity contribution in [1.82, 2.24) is 5.32 Å². The van der Waals surface area contributed by atoms with E-state index < -0.39 is 18.3 Å². The van der Waals surface area contributed by atoms with Gasteiger partial charge in [-0.25, -0.2) is 4.79 Å². The third kappa shape index (κ3) is 3.80. The summed E-state index contributed by atoms with van der Waals surface area (Å²) in [5, 5.41) is 7.57. The third-order valence-corrected chi connectivity index (χ3v) is 4.91. The molecule has 0 radical (unpaired) electrons. The molecule has 0 bridgehead atoms. The van der Waals surface area contributed by atoms with E-state index in [9.17, 15) is 9.59 Å². The second kappa shape index (κ2) is 8.14. The van der Waals surface area contributed by atoms with Gasteiger partial charge in [-0.15, -0.1) is 0 Å². The SMILES string of the molecule is COCC(=O)N[C@@H]1CO[C@@H]2[C@@H]1OC[C@H]2OC(=O)Nc1cccc2ccccc12. The Labute approximate surface area is 162 Å². The second-order valence-corrected chi connectivity index (χ2v) is 6.80. The number of hydrogen-bond donors (Lipinski definition) is 2. The van der Waals surface area contributed by atoms with Crippen molar-refractivity contribution in [2.24, 2.45) is 0 Å². The van der Waals surface area contributed by atoms with Crippen molar-refractivity contribution in [2.45, 2.75) is 24.4 Å². The van der Waals surface area contributed by atoms with E-state index >= 15 is 0 Å². The van der Waals surface area contributed by atoms with Crippen LogP contribution in [0, 0.1) is 0 Å². The van der Waals surface area contributed by atoms with Gasteiger partial charge in [0.05, 0.1) is 24.9 Å². The van der Waals surface area contributed by atoms with Crippen molar-refractivity contribution in [3.05, 3.63) is 42.5 Å². The number of methoxy groups -OCH3 is 1. The highest BCUT2D eigenvalue weighted by Crippen LogP contribution is 2.29. The first kappa shape index (κ1) is 18.7. The lowest BCUT2D eigenvalue weighted by Crippen LogP contribution is -2.45. The molecule has 148 valence electrons. The summed E-state index contributed by atoms with van der Waals surface area (Å²) in [6, 6.07) is 13.2. The van der Waals surface area contributed by atoms with E-state index in [1.807, 2.05) is 42.5 Å². The lowest BCUT2D eigenvalue weighted by Gasteiger charge is -2.18. The van der Waals surface area contributed by atoms with Crippen molar-refractivity contribution >= 4 is 28.5 Å². The molecule has 2 N–H and O–H groups in total. The molecule has 28 heavy (non-hydrogen) atoms. The number of anilines is 1. The highest BCUT2D eigenvalue weighted by atomic mass is 16.6. The smallest absolute Gasteiger partial charge is 0.412 e. The monoisotopic (exact) mass is 386 g/mol. The number of carbonyl (C=O) groups is 2. The third-order valence-electron chi connectivity index (χ3n) is 4.91. The molecule has 0 saturated carbocycles. The minimum atomic E-state index is -0.568. The molecule has 2 heterocycles. The first-order valence-electron chi connectivity index (χ1n) is 9.12. The number of amides is 2. The normalized spacial score (nSPS) is 26.0. The second-order valence-electron chi connectivity index (χ2n) is 6.80. The number of fused-ring (bicyclic) bond motifs is 2. The Bertz CT molecular complexity index is 867. The fraction of sp³-hybridized carbons (Fsp3) is 0.400. The lowest BCUT2D eigenvalue weighted by atomic mass is 10.1. The van der Waals surface area contributed by atoms with Crippen molar-refractivity contribution in [1.29, 1.82) is 0 Å². The van der Waals surface area contributed by atoms with Crippen LogP contribution in [0.4, 0.5) is 10.5 Å². The zero-order chi connectivity index (χ0) is 19.5. The summed E-state index contributed by atoms with van der Waals surface area (Å²) in [5.74, 6) is -0.238. The van der Waals surface area contributed by atoms with Crippen LogP contribution in [0.2, 0.25) is 0 Å². The van der Waals surface area contributed by atoms with Crippen LogP contribution in [0.1, 0.15) is 0 Å². The zero-order valence-electron chi connectivity index (χ0n) is 15.4. The molecular formula is C20H22N2O6. The van der Waals surface area contributed by atoms with Crippen molar-refractivity contribution in [3.8, 4) is 0 Å². The number of hydrogen-bond acceptors (Lipinski definition) is 6. The number of carbonyl (C=O) groups excluding carboxylic acids is 2. The molecule has 8 heteroatoms. The van der Waals surface area contributed by atoms with Crippen LogP contribution in [0.5, 0.6) is 0 Å². The Morgan fingerprint density at radius 3 is 2.71 bits per heavy atom. The largest absolute Gasteiger partial charge is 0.441 e. The van der Waals surface area contributed by atoms with Crippen LogP contribution >= 0.6 is 0 Å². The van der Waals surface area contributed by atoms with Gasteiger partial charge in [0.15, 0.2) is 6.10 Å². The maximum atomic E-state index is 12.4. The molecule has 4 atom stereocenters. The maximum absolute atomic E-state index is 12.4. The van der Waals surface area contributed by atoms with Gasteiger partial charge >= 0.3 is 6.09 Å². The van der Waals surface area contributed by atoms with Crippen molar-refractivity contribution in [3.63, 3.8) is 0 Å². The molecule has 0 aromatic heterocycles. The summed E-state index contributed by atoms with van der Waals surface area (Å²) in [6.07, 6.45) is -1.87. The molecular weight excluding hydrogens is 364 g/mol. The zero-order valence-corrected chi connectivity index (χ0v) is 15.4. The van der Waals surface area contributed by atoms with E-state index in [1.165, 1.54) is 7.11 Å². The maximum Gasteiger partial charge on any atom is 0.412 e. The number of nitrogens with one attached hydrogen (secondary N) is 2. The topological polar surface area (TPSA) is 95.1 Å². The van der Waals surface area contributed by atoms with E-state index in [1.54, 1.807) is 0 Å². The van der Waals surface area contributed by atoms with Gasteiger partial charge in [0.1, 0.15) is 18.8 Å². The van der Waals surface area contributed by atoms with Gasteiger partial charge < -0.3 is 24.3 Å². The average molecular weight is 386 g/mol. The van der Waals surface area contributed by atoms with Crippen LogP contribution in [-0.4, -0.2) is 63.3 Å². The molecule has 4 rings (SSSR count). The number of rotatable bonds is 5. The molecule has 2 aliphatic rings. The molecule has 2 aromatic carbocycles. The van der Waals surface area contributed by atoms with Gasteiger partial charge in [0.25, 0.3) is 0 Å². The Kier molecular flexibility index (Phi) is 5.43. The van der Waals surface area contributed by atoms with Crippen molar-refractivity contribution < 1.29 is 28.5 Å². The molecule has 2 aromatic rings. The minimum Gasteiger partial charge on any atom is -0.441 e. The highest BCUT2D eigenvalue weighted by Gasteiger charge is 2.50. The predicted molar refractivity (Wildman–Crippen MR) is 101 cm³/mol. The van der Waals surface area contributed by atoms with Gasteiger partial charge in [0.2, 0.25) is 5.91 Å². The predicted octanol–water partition coefficient (Wildman–Crippen LogP) is 1.69. The van der Waals surface area contributed by atoms with Crippen LogP contribution in [0.3, 0.4) is 0 Å². The van der Waals surface area contributed by atoms with Gasteiger partial charge in [0, 0.05) is 12.5 Å². The molecule has 2 fully saturated rings. The van der Waals surface area contributed by atoms with E-state index in [4.69, 9.17) is 18.9 Å². The molecule has 0 unspecified atom stereocenters. The van der Waals surface area contributed by atoms with Crippen LogP contribution in [-0.2, 0) is 23.7 Å². The molecule has 2 saturated heterocycles. The van der Waals surface area contributed by atoms with E-state index in [0.717, 1.165) is 10.8 Å². The molecule has 2 aliphatic heterocycles. The molecule has 8 nitrogen and oxygen atoms in total. The van der Waals surface area contributed by atoms with Crippen LogP contribution in [0.25, 0.3) is 10.8 Å². The lowest BCUT2D eigenvalue weighted by molar-refractivity contribution is -0.126. The summed E-state index contributed by atoms with van der Waals surface area (Å²) in [7, 11) is 1.46. The average Bonchev–Trinajstić information content (AvgIpc) is 3.26. The summed E-state index contributed by atoms with van der Waals surface area (Å²) >= 11 is 0. The number of benzene rings is 2. The Morgan fingerprint density at radius 2 is 1.86 bits per heavy atom. The molecule has 2 amide bonds. The van der Waals surface area contributed by atoms with Crippen molar-refractivity contribution in [2.75, 3.05) is 32.2 Å². The first-order valence-corrected chi connectivity index (χ1v) is 9.12. The molecule has 0 spiro atoms. The standard InChI is InChI=1S/C20H22N2O6/c1-25-11-17(23)21-15-9-26-19-16(10-27-18(15)19)28-20(24)22-14-8-4-6-12-5-2-3-7-13(12)14/h2-8,15-16,18-19H,9-11H2,1H3,(H,21,23)(H,22,24)/t15-,16-,18-,19+/m1/s1. The summed E-state index contributed by atoms with van der Waals surface area (Å²) in [4.78, 5) is 24.1. The minimum absolute atomic E-state index is 0.0265. The van der Waals surface area contributed by atoms with Crippen LogP contribution in [0.15, 0.2) is 42.5 Å². The van der Waals surface area contributed by atoms with E-state index in [2.05, 4.69) is 10.6 Å². The van der Waals surface area contributed by atoms with Gasteiger partial charge in [-0.3, -0.25) is 10.1 Å². The highest BCUT2D eigenvalue weighted by molar-refractivity contribution is 6.00. The van der Waals surface area contributed by atoms with Gasteiger partial charge in [-0.1, -0.05) is 36.4 Å². The summed E-state index contributed by atoms with van der Waals surface area (Å²) < 4.78 is 21.8. The first-order chi connectivity index (χ1) is 13.7. The van der Waals surface area contributed by atoms with Gasteiger partial charge in [-0.2, -0.15) is 0 Å². The quantitative estimate of drug-likeness (QED) is 0.812. The Balaban J connectivity index is 1.36. The molecule has 0 aliphatic carbocycles. The number of ether oxygens (including phenoxy) is 4. The summed E-state index contributed by atoms with van der Waals surface area (Å²) in [5.41, 5.74) is 0.676.